The Bertz CT molecular complexity index is 1110. The number of epoxide rings is 1. The molecule has 0 unspecified atom stereocenters. The zero-order valence-electron chi connectivity index (χ0n) is 23.8. The molecular formula is C29H40O10. The molecule has 0 bridgehead atoms. The number of esters is 4. The number of fused-ring (bicyclic) bond motifs is 4. The molecule has 8 atom stereocenters. The van der Waals surface area contributed by atoms with Crippen molar-refractivity contribution in [2.75, 3.05) is 19.8 Å². The topological polar surface area (TPSA) is 127 Å². The average molecular weight is 549 g/mol. The number of allylic oxidation sites excluding steroid dienone is 1. The van der Waals surface area contributed by atoms with E-state index in [1.807, 2.05) is 6.92 Å². The highest BCUT2D eigenvalue weighted by atomic mass is 16.6. The van der Waals surface area contributed by atoms with Gasteiger partial charge in [0.2, 0.25) is 0 Å². The van der Waals surface area contributed by atoms with Gasteiger partial charge >= 0.3 is 23.9 Å². The van der Waals surface area contributed by atoms with Gasteiger partial charge in [-0.05, 0) is 52.4 Å². The van der Waals surface area contributed by atoms with Gasteiger partial charge in [-0.15, -0.1) is 0 Å². The van der Waals surface area contributed by atoms with Gasteiger partial charge in [0.05, 0.1) is 18.4 Å². The van der Waals surface area contributed by atoms with Crippen LogP contribution >= 0.6 is 0 Å². The maximum atomic E-state index is 13.4. The van der Waals surface area contributed by atoms with Crippen LogP contribution in [-0.2, 0) is 47.6 Å². The summed E-state index contributed by atoms with van der Waals surface area (Å²) >= 11 is 0. The number of hydrogen-bond donors (Lipinski definition) is 0. The second-order valence-electron chi connectivity index (χ2n) is 12.5. The summed E-state index contributed by atoms with van der Waals surface area (Å²) in [5, 5.41) is 0. The lowest BCUT2D eigenvalue weighted by Gasteiger charge is -2.70. The monoisotopic (exact) mass is 548 g/mol. The molecular weight excluding hydrogens is 508 g/mol. The molecule has 216 valence electrons. The molecule has 10 heteroatoms. The second-order valence-corrected chi connectivity index (χ2v) is 12.5. The van der Waals surface area contributed by atoms with Gasteiger partial charge in [-0.25, -0.2) is 4.79 Å². The standard InChI is InChI=1S/C29H40O10/c1-7-17(2)24(33)38-23-22(37-19(4)31)26(6)25(5,11-12-27(39-26)13-21(32)35-14-27)20-9-8-10-28(15-36-28)29(20,23)16-34-18(3)30/h7,20,22-23H,8-16H2,1-6H3/b17-7+/t20-,22+,23-,25+,26-,27+,28-,29-/m0/s1. The minimum Gasteiger partial charge on any atom is -0.465 e. The van der Waals surface area contributed by atoms with E-state index in [0.29, 0.717) is 31.4 Å². The highest BCUT2D eigenvalue weighted by Gasteiger charge is 2.82. The lowest BCUT2D eigenvalue weighted by atomic mass is 9.40. The summed E-state index contributed by atoms with van der Waals surface area (Å²) in [6.45, 7) is 10.6. The van der Waals surface area contributed by atoms with Crippen LogP contribution < -0.4 is 0 Å². The van der Waals surface area contributed by atoms with Gasteiger partial charge in [0.15, 0.2) is 12.2 Å². The molecule has 10 nitrogen and oxygen atoms in total. The predicted molar refractivity (Wildman–Crippen MR) is 135 cm³/mol. The number of hydrogen-bond acceptors (Lipinski definition) is 10. The fourth-order valence-electron chi connectivity index (χ4n) is 8.24. The molecule has 5 rings (SSSR count). The van der Waals surface area contributed by atoms with Crippen molar-refractivity contribution in [3.8, 4) is 0 Å². The second kappa shape index (κ2) is 9.29. The van der Waals surface area contributed by atoms with E-state index in [-0.39, 0.29) is 31.5 Å². The Balaban J connectivity index is 1.72. The third-order valence-electron chi connectivity index (χ3n) is 10.6. The van der Waals surface area contributed by atoms with Gasteiger partial charge in [0, 0.05) is 24.8 Å². The molecule has 2 spiro atoms. The van der Waals surface area contributed by atoms with Crippen molar-refractivity contribution in [2.24, 2.45) is 16.7 Å². The van der Waals surface area contributed by atoms with E-state index in [1.165, 1.54) is 13.8 Å². The van der Waals surface area contributed by atoms with Gasteiger partial charge in [-0.3, -0.25) is 14.4 Å². The lowest BCUT2D eigenvalue weighted by Crippen LogP contribution is -2.80. The van der Waals surface area contributed by atoms with Crippen molar-refractivity contribution >= 4 is 23.9 Å². The van der Waals surface area contributed by atoms with Crippen LogP contribution in [0.3, 0.4) is 0 Å². The zero-order valence-corrected chi connectivity index (χ0v) is 23.8. The van der Waals surface area contributed by atoms with Crippen LogP contribution in [0.25, 0.3) is 0 Å². The summed E-state index contributed by atoms with van der Waals surface area (Å²) in [5.41, 5.74) is -3.92. The van der Waals surface area contributed by atoms with E-state index in [1.54, 1.807) is 19.9 Å². The smallest absolute Gasteiger partial charge is 0.333 e. The summed E-state index contributed by atoms with van der Waals surface area (Å²) in [6.07, 6.45) is 3.22. The van der Waals surface area contributed by atoms with Crippen LogP contribution in [-0.4, -0.2) is 72.7 Å². The van der Waals surface area contributed by atoms with E-state index in [9.17, 15) is 19.2 Å². The number of rotatable bonds is 5. The molecule has 3 aliphatic heterocycles. The van der Waals surface area contributed by atoms with Crippen molar-refractivity contribution in [1.29, 1.82) is 0 Å². The van der Waals surface area contributed by atoms with Crippen molar-refractivity contribution in [2.45, 2.75) is 109 Å². The van der Waals surface area contributed by atoms with Crippen molar-refractivity contribution in [3.63, 3.8) is 0 Å². The number of carbonyl (C=O) groups excluding carboxylic acids is 4. The van der Waals surface area contributed by atoms with Gasteiger partial charge < -0.3 is 28.4 Å². The van der Waals surface area contributed by atoms with Gasteiger partial charge in [0.25, 0.3) is 0 Å². The average Bonchev–Trinajstić information content (AvgIpc) is 3.56. The van der Waals surface area contributed by atoms with E-state index in [4.69, 9.17) is 28.4 Å². The van der Waals surface area contributed by atoms with Crippen molar-refractivity contribution in [1.82, 2.24) is 0 Å². The summed E-state index contributed by atoms with van der Waals surface area (Å²) in [6, 6.07) is 0. The van der Waals surface area contributed by atoms with Crippen LogP contribution in [0.15, 0.2) is 11.6 Å². The zero-order chi connectivity index (χ0) is 28.4. The number of carbonyl (C=O) groups is 4. The maximum absolute atomic E-state index is 13.4. The van der Waals surface area contributed by atoms with E-state index in [2.05, 4.69) is 6.92 Å². The SMILES string of the molecule is C/C=C(\C)C(=O)O[C@H]1[C@@H](OC(C)=O)[C@]2(C)O[C@@]3(CC[C@]2(C)[C@@H]2CCC[C@]4(CO4)[C@@]21COC(C)=O)COC(=O)C3. The molecule has 0 aromatic heterocycles. The molecule has 3 saturated heterocycles. The molecule has 5 aliphatic rings. The third kappa shape index (κ3) is 4.04. The molecule has 0 aromatic carbocycles. The molecule has 0 radical (unpaired) electrons. The van der Waals surface area contributed by atoms with Crippen LogP contribution in [0.2, 0.25) is 0 Å². The fourth-order valence-corrected chi connectivity index (χ4v) is 8.24. The summed E-state index contributed by atoms with van der Waals surface area (Å²) < 4.78 is 36.7. The summed E-state index contributed by atoms with van der Waals surface area (Å²) in [4.78, 5) is 50.6. The maximum Gasteiger partial charge on any atom is 0.333 e. The van der Waals surface area contributed by atoms with Crippen LogP contribution in [0.5, 0.6) is 0 Å². The number of cyclic esters (lactones) is 1. The van der Waals surface area contributed by atoms with Gasteiger partial charge in [0.1, 0.15) is 30.0 Å². The van der Waals surface area contributed by atoms with Crippen molar-refractivity contribution in [3.05, 3.63) is 11.6 Å². The van der Waals surface area contributed by atoms with Crippen LogP contribution in [0, 0.1) is 16.7 Å². The normalized spacial score (nSPS) is 44.7. The Morgan fingerprint density at radius 3 is 2.28 bits per heavy atom. The molecule has 3 heterocycles. The lowest BCUT2D eigenvalue weighted by molar-refractivity contribution is -0.361. The van der Waals surface area contributed by atoms with Crippen LogP contribution in [0.4, 0.5) is 0 Å². The number of ether oxygens (including phenoxy) is 6. The largest absolute Gasteiger partial charge is 0.465 e. The third-order valence-corrected chi connectivity index (χ3v) is 10.6. The first-order chi connectivity index (χ1) is 18.3. The highest BCUT2D eigenvalue weighted by molar-refractivity contribution is 5.88. The van der Waals surface area contributed by atoms with E-state index in [0.717, 1.165) is 12.8 Å². The van der Waals surface area contributed by atoms with E-state index >= 15 is 0 Å². The fraction of sp³-hybridized carbons (Fsp3) is 0.793. The molecule has 2 aliphatic carbocycles. The first-order valence-electron chi connectivity index (χ1n) is 13.9. The minimum atomic E-state index is -1.16. The quantitative estimate of drug-likeness (QED) is 0.219. The van der Waals surface area contributed by atoms with Gasteiger partial charge in [-0.2, -0.15) is 0 Å². The Kier molecular flexibility index (Phi) is 6.69. The minimum absolute atomic E-state index is 0.0456. The van der Waals surface area contributed by atoms with Crippen LogP contribution in [0.1, 0.15) is 80.1 Å². The Morgan fingerprint density at radius 1 is 1.00 bits per heavy atom. The molecule has 39 heavy (non-hydrogen) atoms. The van der Waals surface area contributed by atoms with E-state index < -0.39 is 57.7 Å². The Hall–Kier alpha value is -2.46. The summed E-state index contributed by atoms with van der Waals surface area (Å²) in [7, 11) is 0. The molecule has 0 N–H and O–H groups in total. The highest BCUT2D eigenvalue weighted by Crippen LogP contribution is 2.72. The molecule has 0 amide bonds. The predicted octanol–water partition coefficient (Wildman–Crippen LogP) is 3.19. The van der Waals surface area contributed by atoms with Crippen molar-refractivity contribution < 1.29 is 47.6 Å². The molecule has 0 aromatic rings. The van der Waals surface area contributed by atoms with Gasteiger partial charge in [-0.1, -0.05) is 19.4 Å². The Morgan fingerprint density at radius 2 is 1.72 bits per heavy atom. The Labute approximate surface area is 229 Å². The first kappa shape index (κ1) is 28.1. The molecule has 5 fully saturated rings. The first-order valence-corrected chi connectivity index (χ1v) is 13.9. The summed E-state index contributed by atoms with van der Waals surface area (Å²) in [5.74, 6) is -2.07. The molecule has 2 saturated carbocycles.